The van der Waals surface area contributed by atoms with Crippen molar-refractivity contribution in [2.24, 2.45) is 0 Å². The first kappa shape index (κ1) is 24.7. The number of anilines is 2. The summed E-state index contributed by atoms with van der Waals surface area (Å²) in [4.78, 5) is 28.8. The predicted octanol–water partition coefficient (Wildman–Crippen LogP) is 3.18. The molecule has 0 fully saturated rings. The molecule has 1 amide bonds. The van der Waals surface area contributed by atoms with Gasteiger partial charge in [-0.25, -0.2) is 9.97 Å². The number of nitrogens with zero attached hydrogens (tertiary/aromatic N) is 4. The van der Waals surface area contributed by atoms with E-state index in [0.29, 0.717) is 43.7 Å². The number of aromatic nitrogens is 3. The molecule has 3 aromatic rings. The van der Waals surface area contributed by atoms with Crippen LogP contribution < -0.4 is 14.8 Å². The molecule has 0 radical (unpaired) electrons. The number of benzene rings is 1. The average molecular weight is 483 g/mol. The van der Waals surface area contributed by atoms with Crippen LogP contribution in [0.1, 0.15) is 25.3 Å². The molecule has 188 valence electrons. The number of aromatic amines is 1. The Bertz CT molecular complexity index is 1130. The van der Waals surface area contributed by atoms with Crippen LogP contribution in [0.15, 0.2) is 30.7 Å². The molecular weight excluding hydrogens is 448 g/mol. The van der Waals surface area contributed by atoms with Gasteiger partial charge in [-0.3, -0.25) is 4.79 Å². The summed E-state index contributed by atoms with van der Waals surface area (Å²) in [5.41, 5.74) is 2.66. The molecule has 2 N–H and O–H groups in total. The van der Waals surface area contributed by atoms with Crippen LogP contribution >= 0.6 is 0 Å². The normalized spacial score (nSPS) is 15.6. The van der Waals surface area contributed by atoms with Crippen molar-refractivity contribution >= 4 is 28.4 Å². The Hall–Kier alpha value is -3.37. The number of likely N-dealkylation sites (N-methyl/N-ethyl adjacent to an activating group) is 1. The Morgan fingerprint density at radius 3 is 2.91 bits per heavy atom. The zero-order chi connectivity index (χ0) is 24.6. The zero-order valence-electron chi connectivity index (χ0n) is 20.7. The van der Waals surface area contributed by atoms with E-state index >= 15 is 0 Å². The monoisotopic (exact) mass is 482 g/mol. The fraction of sp³-hybridized carbons (Fsp3) is 0.480. The number of fused-ring (bicyclic) bond motifs is 2. The quantitative estimate of drug-likeness (QED) is 0.516. The van der Waals surface area contributed by atoms with Crippen molar-refractivity contribution in [3.05, 3.63) is 36.3 Å². The van der Waals surface area contributed by atoms with Crippen molar-refractivity contribution in [2.75, 3.05) is 58.9 Å². The van der Waals surface area contributed by atoms with Gasteiger partial charge in [0.1, 0.15) is 17.8 Å². The molecule has 1 aliphatic rings. The van der Waals surface area contributed by atoms with Crippen LogP contribution in [0, 0.1) is 0 Å². The van der Waals surface area contributed by atoms with E-state index in [-0.39, 0.29) is 12.5 Å². The molecule has 0 saturated carbocycles. The smallest absolute Gasteiger partial charge is 0.260 e. The first-order chi connectivity index (χ1) is 17.0. The molecule has 0 spiro atoms. The number of amides is 1. The maximum atomic E-state index is 12.7. The Labute approximate surface area is 205 Å². The maximum Gasteiger partial charge on any atom is 0.260 e. The first-order valence-electron chi connectivity index (χ1n) is 12.0. The molecule has 0 saturated heterocycles. The lowest BCUT2D eigenvalue weighted by molar-refractivity contribution is -0.132. The van der Waals surface area contributed by atoms with E-state index in [4.69, 9.17) is 14.2 Å². The van der Waals surface area contributed by atoms with Gasteiger partial charge >= 0.3 is 0 Å². The van der Waals surface area contributed by atoms with E-state index < -0.39 is 0 Å². The number of rotatable bonds is 6. The van der Waals surface area contributed by atoms with Crippen LogP contribution in [0.4, 0.5) is 11.5 Å². The standard InChI is InChI=1S/C25H34N6O4/c1-4-33-11-6-12-34-20-8-7-19-13-21(20)35-16-22(32)31(3)10-5-9-30(2)15-18-14-26-24-23(18)25(29-19)28-17-27-24/h7-8,13-14,17H,4-6,9-12,15-16H2,1-3H3,(H2,26,27,28,29). The second-order valence-electron chi connectivity index (χ2n) is 8.64. The number of H-pyrrole nitrogens is 1. The molecule has 0 aliphatic carbocycles. The van der Waals surface area contributed by atoms with Crippen molar-refractivity contribution in [2.45, 2.75) is 26.3 Å². The molecule has 0 atom stereocenters. The van der Waals surface area contributed by atoms with Gasteiger partial charge in [-0.1, -0.05) is 0 Å². The average Bonchev–Trinajstić information content (AvgIpc) is 3.26. The van der Waals surface area contributed by atoms with Crippen LogP contribution in [0.3, 0.4) is 0 Å². The van der Waals surface area contributed by atoms with E-state index in [9.17, 15) is 4.79 Å². The molecule has 0 unspecified atom stereocenters. The van der Waals surface area contributed by atoms with Gasteiger partial charge in [-0.05, 0) is 44.6 Å². The van der Waals surface area contributed by atoms with Gasteiger partial charge in [-0.2, -0.15) is 0 Å². The summed E-state index contributed by atoms with van der Waals surface area (Å²) in [6.45, 7) is 5.94. The Morgan fingerprint density at radius 1 is 1.17 bits per heavy atom. The third kappa shape index (κ3) is 6.40. The highest BCUT2D eigenvalue weighted by atomic mass is 16.5. The Kier molecular flexibility index (Phi) is 8.38. The van der Waals surface area contributed by atoms with Gasteiger partial charge in [0, 0.05) is 57.7 Å². The van der Waals surface area contributed by atoms with Crippen LogP contribution in [0.2, 0.25) is 0 Å². The molecular formula is C25H34N6O4. The van der Waals surface area contributed by atoms with Gasteiger partial charge in [0.15, 0.2) is 18.1 Å². The van der Waals surface area contributed by atoms with E-state index in [1.54, 1.807) is 11.9 Å². The summed E-state index contributed by atoms with van der Waals surface area (Å²) in [5, 5.41) is 4.36. The third-order valence-corrected chi connectivity index (χ3v) is 5.90. The van der Waals surface area contributed by atoms with Gasteiger partial charge in [-0.15, -0.1) is 0 Å². The second-order valence-corrected chi connectivity index (χ2v) is 8.64. The minimum Gasteiger partial charge on any atom is -0.490 e. The summed E-state index contributed by atoms with van der Waals surface area (Å²) in [6, 6.07) is 5.59. The molecule has 10 nitrogen and oxygen atoms in total. The maximum absolute atomic E-state index is 12.7. The van der Waals surface area contributed by atoms with Crippen molar-refractivity contribution in [3.8, 4) is 11.5 Å². The highest BCUT2D eigenvalue weighted by Crippen LogP contribution is 2.33. The topological polar surface area (TPSA) is 105 Å². The van der Waals surface area contributed by atoms with Crippen LogP contribution in [0.25, 0.3) is 11.0 Å². The zero-order valence-corrected chi connectivity index (χ0v) is 20.7. The molecule has 4 rings (SSSR count). The minimum absolute atomic E-state index is 0.0647. The first-order valence-corrected chi connectivity index (χ1v) is 12.0. The van der Waals surface area contributed by atoms with Crippen LogP contribution in [-0.2, 0) is 16.1 Å². The summed E-state index contributed by atoms with van der Waals surface area (Å²) >= 11 is 0. The third-order valence-electron chi connectivity index (χ3n) is 5.90. The number of carbonyl (C=O) groups is 1. The summed E-state index contributed by atoms with van der Waals surface area (Å²) in [5.74, 6) is 1.71. The Balaban J connectivity index is 1.64. The molecule has 2 bridgehead atoms. The number of nitrogens with one attached hydrogen (secondary N) is 2. The minimum atomic E-state index is -0.0779. The lowest BCUT2D eigenvalue weighted by Crippen LogP contribution is -2.33. The predicted molar refractivity (Wildman–Crippen MR) is 134 cm³/mol. The fourth-order valence-corrected chi connectivity index (χ4v) is 4.01. The van der Waals surface area contributed by atoms with Crippen molar-refractivity contribution < 1.29 is 19.0 Å². The van der Waals surface area contributed by atoms with Crippen LogP contribution in [-0.4, -0.2) is 84.3 Å². The van der Waals surface area contributed by atoms with E-state index in [1.165, 1.54) is 6.33 Å². The number of hydrogen-bond donors (Lipinski definition) is 2. The Morgan fingerprint density at radius 2 is 2.06 bits per heavy atom. The van der Waals surface area contributed by atoms with E-state index in [1.807, 2.05) is 31.3 Å². The SMILES string of the molecule is CCOCCCOc1ccc2cc1OCC(=O)N(C)CCCN(C)Cc1c[nH]c3ncnc(c13)N2. The number of carbonyl (C=O) groups excluding carboxylic acids is 1. The van der Waals surface area contributed by atoms with Gasteiger partial charge in [0.2, 0.25) is 0 Å². The van der Waals surface area contributed by atoms with Crippen LogP contribution in [0.5, 0.6) is 11.5 Å². The number of hydrogen-bond acceptors (Lipinski definition) is 8. The molecule has 35 heavy (non-hydrogen) atoms. The van der Waals surface area contributed by atoms with Crippen molar-refractivity contribution in [3.63, 3.8) is 0 Å². The lowest BCUT2D eigenvalue weighted by atomic mass is 10.2. The number of ether oxygens (including phenoxy) is 3. The van der Waals surface area contributed by atoms with Gasteiger partial charge in [0.05, 0.1) is 12.0 Å². The van der Waals surface area contributed by atoms with E-state index in [2.05, 4.69) is 32.2 Å². The molecule has 1 aromatic carbocycles. The lowest BCUT2D eigenvalue weighted by Gasteiger charge is -2.22. The van der Waals surface area contributed by atoms with E-state index in [0.717, 1.165) is 48.2 Å². The fourth-order valence-electron chi connectivity index (χ4n) is 4.01. The summed E-state index contributed by atoms with van der Waals surface area (Å²) in [6.07, 6.45) is 5.13. The van der Waals surface area contributed by atoms with Crippen molar-refractivity contribution in [1.82, 2.24) is 24.8 Å². The van der Waals surface area contributed by atoms with Gasteiger partial charge < -0.3 is 34.3 Å². The molecule has 2 aromatic heterocycles. The summed E-state index contributed by atoms with van der Waals surface area (Å²) in [7, 11) is 3.88. The highest BCUT2D eigenvalue weighted by Gasteiger charge is 2.17. The molecule has 3 heterocycles. The second kappa shape index (κ2) is 11.9. The van der Waals surface area contributed by atoms with Gasteiger partial charge in [0.25, 0.3) is 5.91 Å². The molecule has 10 heteroatoms. The highest BCUT2D eigenvalue weighted by molar-refractivity contribution is 5.92. The van der Waals surface area contributed by atoms with Crippen molar-refractivity contribution in [1.29, 1.82) is 0 Å². The molecule has 1 aliphatic heterocycles. The summed E-state index contributed by atoms with van der Waals surface area (Å²) < 4.78 is 17.3. The largest absolute Gasteiger partial charge is 0.490 e.